The summed E-state index contributed by atoms with van der Waals surface area (Å²) in [4.78, 5) is 25.3. The Balaban J connectivity index is 2.11. The van der Waals surface area contributed by atoms with E-state index in [0.29, 0.717) is 33.2 Å². The topological polar surface area (TPSA) is 89.0 Å². The fourth-order valence-electron chi connectivity index (χ4n) is 2.77. The van der Waals surface area contributed by atoms with Crippen LogP contribution in [0.4, 0.5) is 0 Å². The fourth-order valence-corrected chi connectivity index (χ4v) is 3.83. The van der Waals surface area contributed by atoms with Gasteiger partial charge in [-0.15, -0.1) is 0 Å². The number of benzene rings is 2. The Hall–Kier alpha value is -2.29. The second-order valence-electron chi connectivity index (χ2n) is 7.02. The van der Waals surface area contributed by atoms with Crippen molar-refractivity contribution in [2.45, 2.75) is 26.8 Å². The van der Waals surface area contributed by atoms with Gasteiger partial charge < -0.3 is 14.8 Å². The van der Waals surface area contributed by atoms with Gasteiger partial charge in [0, 0.05) is 5.02 Å². The Morgan fingerprint density at radius 2 is 1.94 bits per heavy atom. The van der Waals surface area contributed by atoms with E-state index in [1.165, 1.54) is 25.5 Å². The van der Waals surface area contributed by atoms with Crippen LogP contribution in [0, 0.1) is 5.92 Å². The normalized spacial score (nSPS) is 12.0. The summed E-state index contributed by atoms with van der Waals surface area (Å²) in [7, 11) is 1.54. The molecule has 1 unspecified atom stereocenters. The molecule has 7 nitrogen and oxygen atoms in total. The Morgan fingerprint density at radius 1 is 1.22 bits per heavy atom. The van der Waals surface area contributed by atoms with Crippen LogP contribution >= 0.6 is 39.1 Å². The number of carbonyl (C=O) groups is 2. The lowest BCUT2D eigenvalue weighted by molar-refractivity contribution is -0.123. The number of hydrazone groups is 1. The van der Waals surface area contributed by atoms with E-state index in [1.807, 2.05) is 20.8 Å². The monoisotopic (exact) mass is 543 g/mol. The minimum Gasteiger partial charge on any atom is -0.493 e. The number of hydrogen-bond acceptors (Lipinski definition) is 5. The number of methoxy groups -OCH3 is 1. The minimum absolute atomic E-state index is 0.194. The first kappa shape index (κ1) is 26.0. The van der Waals surface area contributed by atoms with Crippen molar-refractivity contribution in [1.82, 2.24) is 10.7 Å². The number of nitrogens with one attached hydrogen (secondary N) is 2. The van der Waals surface area contributed by atoms with E-state index < -0.39 is 17.9 Å². The molecule has 10 heteroatoms. The third-order valence-corrected chi connectivity index (χ3v) is 5.48. The van der Waals surface area contributed by atoms with Gasteiger partial charge in [-0.3, -0.25) is 9.59 Å². The molecule has 1 atom stereocenters. The van der Waals surface area contributed by atoms with Crippen LogP contribution < -0.4 is 20.2 Å². The van der Waals surface area contributed by atoms with Gasteiger partial charge >= 0.3 is 0 Å². The average Bonchev–Trinajstić information content (AvgIpc) is 2.73. The van der Waals surface area contributed by atoms with Gasteiger partial charge in [-0.1, -0.05) is 37.0 Å². The number of rotatable bonds is 9. The van der Waals surface area contributed by atoms with Crippen LogP contribution in [0.3, 0.4) is 0 Å². The Morgan fingerprint density at radius 3 is 2.53 bits per heavy atom. The molecule has 2 N–H and O–H groups in total. The predicted octanol–water partition coefficient (Wildman–Crippen LogP) is 5.07. The SMILES string of the molecule is CCOc1c(Br)cc(/C=N\NC(=O)C(NC(=O)c2ccc(Cl)cc2Cl)C(C)C)cc1OC. The maximum absolute atomic E-state index is 12.7. The number of nitrogens with zero attached hydrogens (tertiary/aromatic N) is 1. The second-order valence-corrected chi connectivity index (χ2v) is 8.72. The highest BCUT2D eigenvalue weighted by molar-refractivity contribution is 9.10. The zero-order chi connectivity index (χ0) is 23.8. The van der Waals surface area contributed by atoms with Gasteiger partial charge in [0.25, 0.3) is 11.8 Å². The third kappa shape index (κ3) is 6.85. The predicted molar refractivity (Wildman–Crippen MR) is 130 cm³/mol. The molecular weight excluding hydrogens is 521 g/mol. The molecule has 0 saturated carbocycles. The number of halogens is 3. The Bertz CT molecular complexity index is 1010. The van der Waals surface area contributed by atoms with Crippen molar-refractivity contribution in [2.75, 3.05) is 13.7 Å². The molecule has 0 aliphatic heterocycles. The molecule has 0 radical (unpaired) electrons. The van der Waals surface area contributed by atoms with Crippen LogP contribution in [0.1, 0.15) is 36.7 Å². The molecule has 0 aliphatic rings. The van der Waals surface area contributed by atoms with Gasteiger partial charge in [0.05, 0.1) is 35.0 Å². The molecule has 2 amide bonds. The largest absolute Gasteiger partial charge is 0.493 e. The van der Waals surface area contributed by atoms with Gasteiger partial charge in [0.2, 0.25) is 0 Å². The maximum Gasteiger partial charge on any atom is 0.262 e. The van der Waals surface area contributed by atoms with Crippen LogP contribution in [0.2, 0.25) is 10.0 Å². The first-order valence-electron chi connectivity index (χ1n) is 9.77. The van der Waals surface area contributed by atoms with E-state index in [4.69, 9.17) is 32.7 Å². The molecular formula is C22H24BrCl2N3O4. The van der Waals surface area contributed by atoms with Gasteiger partial charge in [-0.05, 0) is 64.7 Å². The molecule has 2 aromatic rings. The Labute approximate surface area is 205 Å². The zero-order valence-electron chi connectivity index (χ0n) is 18.0. The van der Waals surface area contributed by atoms with E-state index in [1.54, 1.807) is 18.2 Å². The zero-order valence-corrected chi connectivity index (χ0v) is 21.1. The lowest BCUT2D eigenvalue weighted by atomic mass is 10.0. The standard InChI is InChI=1S/C22H24BrCl2N3O4/c1-5-32-20-16(23)8-13(9-18(20)31-4)11-26-28-22(30)19(12(2)3)27-21(29)15-7-6-14(24)10-17(15)25/h6-12,19H,5H2,1-4H3,(H,27,29)(H,28,30)/b26-11-. The third-order valence-electron chi connectivity index (χ3n) is 4.34. The summed E-state index contributed by atoms with van der Waals surface area (Å²) in [5.74, 6) is -0.0305. The van der Waals surface area contributed by atoms with Gasteiger partial charge in [-0.2, -0.15) is 5.10 Å². The molecule has 0 saturated heterocycles. The molecule has 0 bridgehead atoms. The van der Waals surface area contributed by atoms with E-state index in [2.05, 4.69) is 31.8 Å². The first-order chi connectivity index (χ1) is 15.2. The van der Waals surface area contributed by atoms with Crippen LogP contribution in [-0.2, 0) is 4.79 Å². The van der Waals surface area contributed by atoms with Crippen LogP contribution in [0.5, 0.6) is 11.5 Å². The van der Waals surface area contributed by atoms with Crippen LogP contribution in [0.15, 0.2) is 39.9 Å². The van der Waals surface area contributed by atoms with E-state index >= 15 is 0 Å². The summed E-state index contributed by atoms with van der Waals surface area (Å²) in [6.45, 7) is 5.99. The molecule has 0 aromatic heterocycles. The molecule has 172 valence electrons. The molecule has 2 aromatic carbocycles. The van der Waals surface area contributed by atoms with Crippen molar-refractivity contribution in [3.8, 4) is 11.5 Å². The molecule has 2 rings (SSSR count). The lowest BCUT2D eigenvalue weighted by Gasteiger charge is -2.20. The Kier molecular flexibility index (Phi) is 9.81. The lowest BCUT2D eigenvalue weighted by Crippen LogP contribution is -2.48. The quantitative estimate of drug-likeness (QED) is 0.341. The van der Waals surface area contributed by atoms with Crippen molar-refractivity contribution < 1.29 is 19.1 Å². The highest BCUT2D eigenvalue weighted by atomic mass is 79.9. The summed E-state index contributed by atoms with van der Waals surface area (Å²) >= 11 is 15.4. The van der Waals surface area contributed by atoms with Crippen LogP contribution in [-0.4, -0.2) is 37.8 Å². The molecule has 0 aliphatic carbocycles. The van der Waals surface area contributed by atoms with Crippen molar-refractivity contribution in [3.05, 3.63) is 56.0 Å². The first-order valence-corrected chi connectivity index (χ1v) is 11.3. The molecule has 0 fully saturated rings. The summed E-state index contributed by atoms with van der Waals surface area (Å²) in [6, 6.07) is 7.22. The van der Waals surface area contributed by atoms with Gasteiger partial charge in [0.1, 0.15) is 6.04 Å². The van der Waals surface area contributed by atoms with Crippen LogP contribution in [0.25, 0.3) is 0 Å². The number of ether oxygens (including phenoxy) is 2. The van der Waals surface area contributed by atoms with Gasteiger partial charge in [-0.25, -0.2) is 5.43 Å². The number of carbonyl (C=O) groups excluding carboxylic acids is 2. The number of amides is 2. The fraction of sp³-hybridized carbons (Fsp3) is 0.318. The molecule has 0 heterocycles. The van der Waals surface area contributed by atoms with Crippen molar-refractivity contribution in [3.63, 3.8) is 0 Å². The molecule has 32 heavy (non-hydrogen) atoms. The second kappa shape index (κ2) is 12.1. The summed E-state index contributed by atoms with van der Waals surface area (Å²) in [6.07, 6.45) is 1.47. The van der Waals surface area contributed by atoms with E-state index in [-0.39, 0.29) is 16.5 Å². The summed E-state index contributed by atoms with van der Waals surface area (Å²) in [5, 5.41) is 7.32. The van der Waals surface area contributed by atoms with Gasteiger partial charge in [0.15, 0.2) is 11.5 Å². The van der Waals surface area contributed by atoms with E-state index in [9.17, 15) is 9.59 Å². The highest BCUT2D eigenvalue weighted by Gasteiger charge is 2.25. The highest BCUT2D eigenvalue weighted by Crippen LogP contribution is 2.36. The van der Waals surface area contributed by atoms with Crippen molar-refractivity contribution >= 4 is 57.2 Å². The summed E-state index contributed by atoms with van der Waals surface area (Å²) < 4.78 is 11.6. The van der Waals surface area contributed by atoms with Crippen molar-refractivity contribution in [1.29, 1.82) is 0 Å². The average molecular weight is 545 g/mol. The summed E-state index contributed by atoms with van der Waals surface area (Å²) in [5.41, 5.74) is 3.37. The maximum atomic E-state index is 12.7. The van der Waals surface area contributed by atoms with Crippen molar-refractivity contribution in [2.24, 2.45) is 11.0 Å². The van der Waals surface area contributed by atoms with E-state index in [0.717, 1.165) is 0 Å². The molecule has 0 spiro atoms. The minimum atomic E-state index is -0.826. The number of hydrogen-bond donors (Lipinski definition) is 2. The smallest absolute Gasteiger partial charge is 0.262 e.